The molecule has 2 heteroatoms. The number of para-hydroxylation sites is 1. The van der Waals surface area contributed by atoms with E-state index in [4.69, 9.17) is 9.47 Å². The van der Waals surface area contributed by atoms with Crippen molar-refractivity contribution in [1.82, 2.24) is 0 Å². The number of hydrogen-bond acceptors (Lipinski definition) is 2. The molecular weight excluding hydrogens is 200 g/mol. The van der Waals surface area contributed by atoms with Crippen molar-refractivity contribution < 1.29 is 9.47 Å². The Kier molecular flexibility index (Phi) is 4.23. The molecule has 1 aliphatic heterocycles. The molecule has 0 bridgehead atoms. The van der Waals surface area contributed by atoms with Gasteiger partial charge in [0.15, 0.2) is 0 Å². The van der Waals surface area contributed by atoms with Crippen molar-refractivity contribution in [3.8, 4) is 5.75 Å². The molecular formula is C14H20O2. The fraction of sp³-hybridized carbons (Fsp3) is 0.571. The van der Waals surface area contributed by atoms with Gasteiger partial charge in [-0.25, -0.2) is 0 Å². The highest BCUT2D eigenvalue weighted by Crippen LogP contribution is 2.33. The molecule has 0 saturated carbocycles. The Labute approximate surface area is 97.6 Å². The number of ether oxygens (including phenoxy) is 2. The van der Waals surface area contributed by atoms with E-state index in [0.29, 0.717) is 0 Å². The van der Waals surface area contributed by atoms with Crippen LogP contribution in [0.15, 0.2) is 24.3 Å². The van der Waals surface area contributed by atoms with E-state index in [-0.39, 0.29) is 6.10 Å². The van der Waals surface area contributed by atoms with Gasteiger partial charge in [0.1, 0.15) is 5.75 Å². The van der Waals surface area contributed by atoms with Gasteiger partial charge in [-0.3, -0.25) is 0 Å². The van der Waals surface area contributed by atoms with Gasteiger partial charge in [-0.05, 0) is 31.7 Å². The molecule has 0 amide bonds. The minimum atomic E-state index is 0.238. The van der Waals surface area contributed by atoms with Crippen LogP contribution in [0.25, 0.3) is 0 Å². The zero-order chi connectivity index (χ0) is 11.2. The van der Waals surface area contributed by atoms with E-state index in [1.165, 1.54) is 18.4 Å². The zero-order valence-electron chi connectivity index (χ0n) is 9.95. The first-order valence-corrected chi connectivity index (χ1v) is 6.25. The van der Waals surface area contributed by atoms with Gasteiger partial charge in [-0.15, -0.1) is 0 Å². The van der Waals surface area contributed by atoms with E-state index in [2.05, 4.69) is 19.1 Å². The lowest BCUT2D eigenvalue weighted by Gasteiger charge is -2.24. The minimum absolute atomic E-state index is 0.238. The van der Waals surface area contributed by atoms with Gasteiger partial charge >= 0.3 is 0 Å². The van der Waals surface area contributed by atoms with Crippen molar-refractivity contribution in [2.45, 2.75) is 38.7 Å². The minimum Gasteiger partial charge on any atom is -0.493 e. The van der Waals surface area contributed by atoms with Crippen LogP contribution in [0.1, 0.15) is 44.3 Å². The lowest BCUT2D eigenvalue weighted by Crippen LogP contribution is -2.13. The molecule has 0 aliphatic carbocycles. The van der Waals surface area contributed by atoms with Crippen LogP contribution in [0.5, 0.6) is 5.75 Å². The average molecular weight is 220 g/mol. The van der Waals surface area contributed by atoms with Crippen LogP contribution >= 0.6 is 0 Å². The monoisotopic (exact) mass is 220 g/mol. The molecule has 1 unspecified atom stereocenters. The van der Waals surface area contributed by atoms with Crippen molar-refractivity contribution in [1.29, 1.82) is 0 Å². The molecule has 2 rings (SSSR count). The molecule has 0 spiro atoms. The summed E-state index contributed by atoms with van der Waals surface area (Å²) in [5.41, 5.74) is 1.22. The maximum Gasteiger partial charge on any atom is 0.125 e. The Bertz CT molecular complexity index is 316. The van der Waals surface area contributed by atoms with Crippen LogP contribution in [0.2, 0.25) is 0 Å². The summed E-state index contributed by atoms with van der Waals surface area (Å²) in [5, 5.41) is 0. The fourth-order valence-electron chi connectivity index (χ4n) is 2.08. The van der Waals surface area contributed by atoms with E-state index in [1.807, 2.05) is 12.1 Å². The van der Waals surface area contributed by atoms with Gasteiger partial charge in [0, 0.05) is 12.2 Å². The normalized spacial score (nSPS) is 20.7. The third-order valence-corrected chi connectivity index (χ3v) is 2.91. The van der Waals surface area contributed by atoms with E-state index in [9.17, 15) is 0 Å². The summed E-state index contributed by atoms with van der Waals surface area (Å²) in [6.07, 6.45) is 4.84. The van der Waals surface area contributed by atoms with Crippen LogP contribution in [-0.4, -0.2) is 13.2 Å². The van der Waals surface area contributed by atoms with E-state index in [0.717, 1.165) is 31.8 Å². The third-order valence-electron chi connectivity index (χ3n) is 2.91. The zero-order valence-corrected chi connectivity index (χ0v) is 9.95. The van der Waals surface area contributed by atoms with Crippen LogP contribution < -0.4 is 4.74 Å². The summed E-state index contributed by atoms with van der Waals surface area (Å²) >= 11 is 0. The van der Waals surface area contributed by atoms with Crippen molar-refractivity contribution in [3.63, 3.8) is 0 Å². The van der Waals surface area contributed by atoms with Crippen LogP contribution in [-0.2, 0) is 4.74 Å². The molecule has 1 heterocycles. The smallest absolute Gasteiger partial charge is 0.125 e. The first-order chi connectivity index (χ1) is 7.92. The van der Waals surface area contributed by atoms with Crippen LogP contribution in [0, 0.1) is 0 Å². The van der Waals surface area contributed by atoms with Gasteiger partial charge in [0.05, 0.1) is 12.7 Å². The first kappa shape index (κ1) is 11.5. The van der Waals surface area contributed by atoms with Crippen molar-refractivity contribution in [3.05, 3.63) is 29.8 Å². The molecule has 2 nitrogen and oxygen atoms in total. The van der Waals surface area contributed by atoms with E-state index in [1.54, 1.807) is 0 Å². The maximum atomic E-state index is 5.80. The van der Waals surface area contributed by atoms with Gasteiger partial charge in [-0.1, -0.05) is 25.1 Å². The summed E-state index contributed by atoms with van der Waals surface area (Å²) in [6, 6.07) is 8.26. The Morgan fingerprint density at radius 1 is 1.31 bits per heavy atom. The van der Waals surface area contributed by atoms with Crippen molar-refractivity contribution in [2.24, 2.45) is 0 Å². The average Bonchev–Trinajstić information content (AvgIpc) is 2.38. The van der Waals surface area contributed by atoms with Gasteiger partial charge in [0.25, 0.3) is 0 Å². The van der Waals surface area contributed by atoms with E-state index >= 15 is 0 Å². The molecule has 1 saturated heterocycles. The Hall–Kier alpha value is -1.02. The number of hydrogen-bond donors (Lipinski definition) is 0. The van der Waals surface area contributed by atoms with Gasteiger partial charge in [-0.2, -0.15) is 0 Å². The first-order valence-electron chi connectivity index (χ1n) is 6.25. The third kappa shape index (κ3) is 2.76. The lowest BCUT2D eigenvalue weighted by atomic mass is 10.0. The largest absolute Gasteiger partial charge is 0.493 e. The molecule has 0 N–H and O–H groups in total. The number of rotatable bonds is 4. The highest BCUT2D eigenvalue weighted by atomic mass is 16.5. The Morgan fingerprint density at radius 2 is 2.19 bits per heavy atom. The topological polar surface area (TPSA) is 18.5 Å². The molecule has 1 atom stereocenters. The molecule has 16 heavy (non-hydrogen) atoms. The summed E-state index contributed by atoms with van der Waals surface area (Å²) in [4.78, 5) is 0. The maximum absolute atomic E-state index is 5.80. The van der Waals surface area contributed by atoms with Crippen LogP contribution in [0.3, 0.4) is 0 Å². The van der Waals surface area contributed by atoms with E-state index < -0.39 is 0 Å². The summed E-state index contributed by atoms with van der Waals surface area (Å²) < 4.78 is 11.6. The van der Waals surface area contributed by atoms with Crippen LogP contribution in [0.4, 0.5) is 0 Å². The highest BCUT2D eigenvalue weighted by molar-refractivity contribution is 5.35. The molecule has 1 aromatic rings. The molecule has 1 aliphatic rings. The molecule has 1 aromatic carbocycles. The standard InChI is InChI=1S/C14H20O2/c1-2-10-15-13-8-4-3-7-12(13)14-9-5-6-11-16-14/h3-4,7-8,14H,2,5-6,9-11H2,1H3. The van der Waals surface area contributed by atoms with Gasteiger partial charge < -0.3 is 9.47 Å². The molecule has 1 fully saturated rings. The fourth-order valence-corrected chi connectivity index (χ4v) is 2.08. The quantitative estimate of drug-likeness (QED) is 0.770. The second-order valence-electron chi connectivity index (χ2n) is 4.24. The predicted molar refractivity (Wildman–Crippen MR) is 64.8 cm³/mol. The second kappa shape index (κ2) is 5.90. The highest BCUT2D eigenvalue weighted by Gasteiger charge is 2.19. The Balaban J connectivity index is 2.11. The Morgan fingerprint density at radius 3 is 2.94 bits per heavy atom. The summed E-state index contributed by atoms with van der Waals surface area (Å²) in [6.45, 7) is 3.79. The van der Waals surface area contributed by atoms with Crippen molar-refractivity contribution in [2.75, 3.05) is 13.2 Å². The number of benzene rings is 1. The summed E-state index contributed by atoms with van der Waals surface area (Å²) in [7, 11) is 0. The SMILES string of the molecule is CCCOc1ccccc1C1CCCCO1. The summed E-state index contributed by atoms with van der Waals surface area (Å²) in [5.74, 6) is 0.997. The lowest BCUT2D eigenvalue weighted by molar-refractivity contribution is 0.0132. The molecule has 0 radical (unpaired) electrons. The second-order valence-corrected chi connectivity index (χ2v) is 4.24. The molecule has 0 aromatic heterocycles. The predicted octanol–water partition coefficient (Wildman–Crippen LogP) is 3.72. The van der Waals surface area contributed by atoms with Gasteiger partial charge in [0.2, 0.25) is 0 Å². The van der Waals surface area contributed by atoms with Crippen molar-refractivity contribution >= 4 is 0 Å². The molecule has 88 valence electrons.